The number of carbonyl (C=O) groups is 1. The lowest BCUT2D eigenvalue weighted by Gasteiger charge is -2.18. The lowest BCUT2D eigenvalue weighted by molar-refractivity contribution is 0.0995. The fraction of sp³-hybridized carbons (Fsp3) is 0.231. The first-order valence-electron chi connectivity index (χ1n) is 11.7. The molecule has 0 radical (unpaired) electrons. The molecule has 1 fully saturated rings. The molecular weight excluding hydrogens is 476 g/mol. The van der Waals surface area contributed by atoms with Gasteiger partial charge in [-0.2, -0.15) is 5.10 Å². The summed E-state index contributed by atoms with van der Waals surface area (Å²) >= 11 is 6.31. The van der Waals surface area contributed by atoms with Crippen LogP contribution in [0.3, 0.4) is 0 Å². The second-order valence-electron chi connectivity index (χ2n) is 9.10. The number of amidine groups is 1. The lowest BCUT2D eigenvalue weighted by atomic mass is 10.0. The molecule has 4 aromatic rings. The largest absolute Gasteiger partial charge is 0.383 e. The fourth-order valence-electron chi connectivity index (χ4n) is 4.63. The first-order valence-corrected chi connectivity index (χ1v) is 12.1. The van der Waals surface area contributed by atoms with Gasteiger partial charge in [-0.25, -0.2) is 9.51 Å². The highest BCUT2D eigenvalue weighted by molar-refractivity contribution is 6.33. The average molecular weight is 503 g/mol. The van der Waals surface area contributed by atoms with Crippen LogP contribution in [0.15, 0.2) is 60.0 Å². The number of pyridine rings is 1. The number of hydrogen-bond donors (Lipinski definition) is 4. The minimum atomic E-state index is -0.562. The number of para-hydroxylation sites is 1. The van der Waals surface area contributed by atoms with Gasteiger partial charge in [-0.15, -0.1) is 0 Å². The summed E-state index contributed by atoms with van der Waals surface area (Å²) in [5, 5.41) is 8.77. The number of carbonyl (C=O) groups excluding carboxylic acids is 1. The van der Waals surface area contributed by atoms with E-state index in [1.807, 2.05) is 37.4 Å². The van der Waals surface area contributed by atoms with E-state index in [-0.39, 0.29) is 17.8 Å². The topological polar surface area (TPSA) is 150 Å². The maximum atomic E-state index is 11.5. The summed E-state index contributed by atoms with van der Waals surface area (Å²) in [6, 6.07) is 11.4. The van der Waals surface area contributed by atoms with Crippen LogP contribution in [-0.2, 0) is 0 Å². The van der Waals surface area contributed by atoms with Gasteiger partial charge >= 0.3 is 0 Å². The number of aryl methyl sites for hydroxylation is 1. The van der Waals surface area contributed by atoms with E-state index in [9.17, 15) is 4.79 Å². The number of aliphatic imine (C=N–C) groups is 1. The number of amides is 1. The second-order valence-corrected chi connectivity index (χ2v) is 9.51. The second kappa shape index (κ2) is 9.60. The molecule has 1 aromatic carbocycles. The zero-order valence-electron chi connectivity index (χ0n) is 19.8. The number of nitrogens with one attached hydrogen (secondary N) is 1. The number of primary amides is 1. The predicted octanol–water partition coefficient (Wildman–Crippen LogP) is 3.79. The van der Waals surface area contributed by atoms with E-state index in [2.05, 4.69) is 20.4 Å². The molecule has 0 aliphatic heterocycles. The Balaban J connectivity index is 1.62. The third kappa shape index (κ3) is 4.62. The van der Waals surface area contributed by atoms with Gasteiger partial charge in [0.1, 0.15) is 11.5 Å². The number of aromatic nitrogens is 3. The van der Waals surface area contributed by atoms with Crippen LogP contribution in [0.4, 0.5) is 11.4 Å². The van der Waals surface area contributed by atoms with Gasteiger partial charge in [0.2, 0.25) is 0 Å². The quantitative estimate of drug-likeness (QED) is 0.233. The Labute approximate surface area is 213 Å². The van der Waals surface area contributed by atoms with Crippen LogP contribution in [-0.4, -0.2) is 38.4 Å². The van der Waals surface area contributed by atoms with E-state index < -0.39 is 5.91 Å². The monoisotopic (exact) mass is 502 g/mol. The zero-order valence-corrected chi connectivity index (χ0v) is 20.5. The van der Waals surface area contributed by atoms with E-state index in [1.54, 1.807) is 29.0 Å². The van der Waals surface area contributed by atoms with Crippen LogP contribution < -0.4 is 22.5 Å². The molecule has 5 rings (SSSR count). The van der Waals surface area contributed by atoms with Gasteiger partial charge < -0.3 is 22.5 Å². The normalized spacial score (nSPS) is 18.0. The van der Waals surface area contributed by atoms with E-state index in [0.29, 0.717) is 22.1 Å². The summed E-state index contributed by atoms with van der Waals surface area (Å²) < 4.78 is 1.79. The zero-order chi connectivity index (χ0) is 25.4. The SMILES string of the molecule is Cc1cc(C(N)=O)ncc1-c1cc2c(NC3CCC(N)C3)c(C(N)=Nc3ccccc3Cl)cnn2c1. The lowest BCUT2D eigenvalue weighted by Crippen LogP contribution is -2.24. The van der Waals surface area contributed by atoms with Crippen LogP contribution in [0.25, 0.3) is 16.6 Å². The van der Waals surface area contributed by atoms with Gasteiger partial charge in [0.05, 0.1) is 33.7 Å². The molecule has 0 saturated heterocycles. The molecule has 1 aliphatic rings. The molecule has 1 saturated carbocycles. The molecule has 0 spiro atoms. The van der Waals surface area contributed by atoms with Crippen LogP contribution in [0.5, 0.6) is 0 Å². The number of nitrogens with zero attached hydrogens (tertiary/aromatic N) is 4. The summed E-state index contributed by atoms with van der Waals surface area (Å²) in [6.07, 6.45) is 8.05. The number of rotatable bonds is 6. The van der Waals surface area contributed by atoms with Crippen LogP contribution >= 0.6 is 11.6 Å². The number of benzene rings is 1. The summed E-state index contributed by atoms with van der Waals surface area (Å²) in [6.45, 7) is 1.91. The highest BCUT2D eigenvalue weighted by Gasteiger charge is 2.24. The molecule has 10 heteroatoms. The maximum Gasteiger partial charge on any atom is 0.267 e. The summed E-state index contributed by atoms with van der Waals surface area (Å²) in [4.78, 5) is 20.3. The van der Waals surface area contributed by atoms with Crippen molar-refractivity contribution in [1.82, 2.24) is 14.6 Å². The minimum Gasteiger partial charge on any atom is -0.383 e. The van der Waals surface area contributed by atoms with Gasteiger partial charge in [-0.05, 0) is 56.0 Å². The number of halogens is 1. The number of anilines is 1. The molecule has 1 aliphatic carbocycles. The van der Waals surface area contributed by atoms with Crippen molar-refractivity contribution in [3.8, 4) is 11.1 Å². The van der Waals surface area contributed by atoms with E-state index >= 15 is 0 Å². The highest BCUT2D eigenvalue weighted by Crippen LogP contribution is 2.33. The van der Waals surface area contributed by atoms with Crippen molar-refractivity contribution in [3.63, 3.8) is 0 Å². The van der Waals surface area contributed by atoms with Gasteiger partial charge in [-0.1, -0.05) is 23.7 Å². The Morgan fingerprint density at radius 1 is 1.19 bits per heavy atom. The summed E-state index contributed by atoms with van der Waals surface area (Å²) in [5.74, 6) is -0.262. The molecule has 0 bridgehead atoms. The van der Waals surface area contributed by atoms with Gasteiger partial charge in [0.15, 0.2) is 0 Å². The average Bonchev–Trinajstić information content (AvgIpc) is 3.46. The maximum absolute atomic E-state index is 11.5. The number of fused-ring (bicyclic) bond motifs is 1. The summed E-state index contributed by atoms with van der Waals surface area (Å²) in [5.41, 5.74) is 23.8. The van der Waals surface area contributed by atoms with Crippen molar-refractivity contribution < 1.29 is 4.79 Å². The van der Waals surface area contributed by atoms with Crippen molar-refractivity contribution in [2.24, 2.45) is 22.2 Å². The Bertz CT molecular complexity index is 1490. The Hall–Kier alpha value is -3.95. The van der Waals surface area contributed by atoms with Crippen molar-refractivity contribution in [1.29, 1.82) is 0 Å². The molecule has 36 heavy (non-hydrogen) atoms. The molecule has 2 unspecified atom stereocenters. The van der Waals surface area contributed by atoms with E-state index in [0.717, 1.165) is 47.2 Å². The minimum absolute atomic E-state index is 0.165. The third-order valence-corrected chi connectivity index (χ3v) is 6.82. The molecule has 1 amide bonds. The van der Waals surface area contributed by atoms with E-state index in [4.69, 9.17) is 28.8 Å². The standard InChI is InChI=1S/C26H27ClN8O/c1-14-8-22(26(30)36)31-11-18(14)15-9-23-24(33-17-7-6-16(28)10-17)19(12-32-35(23)13-15)25(29)34-21-5-3-2-4-20(21)27/h2-5,8-9,11-13,16-17,33H,6-7,10,28H2,1H3,(H2,29,34)(H2,30,36). The Kier molecular flexibility index (Phi) is 6.34. The first kappa shape index (κ1) is 23.8. The molecule has 184 valence electrons. The molecule has 7 N–H and O–H groups in total. The summed E-state index contributed by atoms with van der Waals surface area (Å²) in [7, 11) is 0. The highest BCUT2D eigenvalue weighted by atomic mass is 35.5. The molecule has 3 aromatic heterocycles. The van der Waals surface area contributed by atoms with Crippen LogP contribution in [0.2, 0.25) is 5.02 Å². The van der Waals surface area contributed by atoms with Gasteiger partial charge in [-0.3, -0.25) is 9.78 Å². The smallest absolute Gasteiger partial charge is 0.267 e. The van der Waals surface area contributed by atoms with Crippen LogP contribution in [0.1, 0.15) is 40.9 Å². The molecule has 2 atom stereocenters. The predicted molar refractivity (Wildman–Crippen MR) is 143 cm³/mol. The Morgan fingerprint density at radius 2 is 2.00 bits per heavy atom. The van der Waals surface area contributed by atoms with Crippen LogP contribution in [0, 0.1) is 6.92 Å². The molecule has 9 nitrogen and oxygen atoms in total. The van der Waals surface area contributed by atoms with Crippen molar-refractivity contribution >= 4 is 40.2 Å². The fourth-order valence-corrected chi connectivity index (χ4v) is 4.80. The van der Waals surface area contributed by atoms with Crippen molar-refractivity contribution in [3.05, 3.63) is 76.8 Å². The Morgan fingerprint density at radius 3 is 2.69 bits per heavy atom. The van der Waals surface area contributed by atoms with Crippen molar-refractivity contribution in [2.75, 3.05) is 5.32 Å². The van der Waals surface area contributed by atoms with Gasteiger partial charge in [0.25, 0.3) is 5.91 Å². The van der Waals surface area contributed by atoms with E-state index in [1.165, 1.54) is 0 Å². The molecule has 3 heterocycles. The number of hydrogen-bond acceptors (Lipinski definition) is 6. The first-order chi connectivity index (χ1) is 17.3. The van der Waals surface area contributed by atoms with Crippen molar-refractivity contribution in [2.45, 2.75) is 38.3 Å². The number of nitrogens with two attached hydrogens (primary N) is 3. The van der Waals surface area contributed by atoms with Gasteiger partial charge in [0, 0.05) is 35.6 Å². The molecular formula is C26H27ClN8O. The third-order valence-electron chi connectivity index (χ3n) is 6.50.